The molecule has 0 aromatic heterocycles. The maximum atomic E-state index is 3.91. The predicted molar refractivity (Wildman–Crippen MR) is 85.9 cm³/mol. The Morgan fingerprint density at radius 2 is 1.90 bits per heavy atom. The zero-order valence-electron chi connectivity index (χ0n) is 13.4. The molecule has 2 aliphatic rings. The van der Waals surface area contributed by atoms with Gasteiger partial charge in [0.1, 0.15) is 0 Å². The Bertz CT molecular complexity index is 464. The van der Waals surface area contributed by atoms with Crippen molar-refractivity contribution in [3.63, 3.8) is 0 Å². The molecule has 3 rings (SSSR count). The quantitative estimate of drug-likeness (QED) is 0.844. The number of hydrogen-bond acceptors (Lipinski definition) is 1. The fraction of sp³-hybridized carbons (Fsp3) is 0.684. The molecule has 1 aromatic rings. The minimum absolute atomic E-state index is 0.494. The highest BCUT2D eigenvalue weighted by Gasteiger charge is 2.60. The maximum Gasteiger partial charge on any atom is 0.0129 e. The maximum absolute atomic E-state index is 3.91. The van der Waals surface area contributed by atoms with Gasteiger partial charge in [0.2, 0.25) is 0 Å². The summed E-state index contributed by atoms with van der Waals surface area (Å²) in [6.07, 6.45) is 4.23. The van der Waals surface area contributed by atoms with Gasteiger partial charge in [0.25, 0.3) is 0 Å². The smallest absolute Gasteiger partial charge is 0.0129 e. The van der Waals surface area contributed by atoms with Gasteiger partial charge in [-0.3, -0.25) is 0 Å². The molecule has 0 heterocycles. The van der Waals surface area contributed by atoms with Gasteiger partial charge in [-0.25, -0.2) is 0 Å². The van der Waals surface area contributed by atoms with Gasteiger partial charge in [0, 0.05) is 12.6 Å². The molecular weight excluding hydrogens is 242 g/mol. The highest BCUT2D eigenvalue weighted by atomic mass is 15.0. The summed E-state index contributed by atoms with van der Waals surface area (Å²) in [4.78, 5) is 0. The summed E-state index contributed by atoms with van der Waals surface area (Å²) in [7, 11) is 0. The summed E-state index contributed by atoms with van der Waals surface area (Å²) >= 11 is 0. The van der Waals surface area contributed by atoms with Gasteiger partial charge in [0.15, 0.2) is 0 Å². The summed E-state index contributed by atoms with van der Waals surface area (Å²) in [6.45, 7) is 10.9. The van der Waals surface area contributed by atoms with Crippen molar-refractivity contribution in [3.8, 4) is 0 Å². The minimum Gasteiger partial charge on any atom is -0.313 e. The van der Waals surface area contributed by atoms with E-state index < -0.39 is 0 Å². The minimum atomic E-state index is 0.494. The molecule has 4 atom stereocenters. The van der Waals surface area contributed by atoms with Crippen molar-refractivity contribution in [3.05, 3.63) is 35.9 Å². The Hall–Kier alpha value is -0.820. The van der Waals surface area contributed by atoms with Crippen molar-refractivity contribution in [2.45, 2.75) is 58.9 Å². The van der Waals surface area contributed by atoms with Gasteiger partial charge in [0.05, 0.1) is 0 Å². The van der Waals surface area contributed by atoms with Crippen molar-refractivity contribution in [1.29, 1.82) is 0 Å². The van der Waals surface area contributed by atoms with Gasteiger partial charge >= 0.3 is 0 Å². The summed E-state index contributed by atoms with van der Waals surface area (Å²) in [5, 5.41) is 3.91. The molecule has 2 fully saturated rings. The lowest BCUT2D eigenvalue weighted by Gasteiger charge is -2.40. The molecule has 110 valence electrons. The van der Waals surface area contributed by atoms with E-state index in [1.807, 2.05) is 0 Å². The van der Waals surface area contributed by atoms with Gasteiger partial charge in [-0.05, 0) is 47.5 Å². The van der Waals surface area contributed by atoms with Crippen LogP contribution in [-0.4, -0.2) is 12.6 Å². The van der Waals surface area contributed by atoms with E-state index in [9.17, 15) is 0 Å². The van der Waals surface area contributed by atoms with E-state index >= 15 is 0 Å². The first-order valence-electron chi connectivity index (χ1n) is 8.23. The van der Waals surface area contributed by atoms with Crippen molar-refractivity contribution in [1.82, 2.24) is 5.32 Å². The van der Waals surface area contributed by atoms with Gasteiger partial charge in [-0.2, -0.15) is 0 Å². The number of benzene rings is 1. The van der Waals surface area contributed by atoms with Crippen LogP contribution in [0.3, 0.4) is 0 Å². The fourth-order valence-corrected chi connectivity index (χ4v) is 4.73. The van der Waals surface area contributed by atoms with E-state index in [0.29, 0.717) is 22.8 Å². The van der Waals surface area contributed by atoms with Crippen molar-refractivity contribution in [2.75, 3.05) is 6.54 Å². The van der Waals surface area contributed by atoms with Crippen LogP contribution < -0.4 is 5.32 Å². The van der Waals surface area contributed by atoms with E-state index in [4.69, 9.17) is 0 Å². The molecule has 2 bridgehead atoms. The molecular formula is C19H29N. The van der Waals surface area contributed by atoms with Crippen molar-refractivity contribution in [2.24, 2.45) is 16.7 Å². The summed E-state index contributed by atoms with van der Waals surface area (Å²) in [5.41, 5.74) is 2.46. The lowest BCUT2D eigenvalue weighted by molar-refractivity contribution is 0.120. The van der Waals surface area contributed by atoms with Crippen LogP contribution >= 0.6 is 0 Å². The van der Waals surface area contributed by atoms with Crippen LogP contribution in [0, 0.1) is 16.7 Å². The van der Waals surface area contributed by atoms with Gasteiger partial charge in [-0.15, -0.1) is 0 Å². The van der Waals surface area contributed by atoms with E-state index in [2.05, 4.69) is 63.3 Å². The number of nitrogens with one attached hydrogen (secondary N) is 1. The standard InChI is InChI=1S/C19H29N/c1-14(15-8-6-5-7-9-15)13-20-17-12-16-10-11-19(17,4)18(16,2)3/h5-9,14,16-17,20H,10-13H2,1-4H3. The zero-order chi connectivity index (χ0) is 14.4. The second-order valence-electron chi connectivity index (χ2n) is 7.88. The fourth-order valence-electron chi connectivity index (χ4n) is 4.73. The Kier molecular flexibility index (Phi) is 3.44. The predicted octanol–water partition coefficient (Wildman–Crippen LogP) is 4.59. The molecule has 2 saturated carbocycles. The summed E-state index contributed by atoms with van der Waals surface area (Å²) in [5.74, 6) is 1.53. The normalized spacial score (nSPS) is 36.2. The van der Waals surface area contributed by atoms with Crippen LogP contribution in [-0.2, 0) is 0 Å². The SMILES string of the molecule is CC(CNC1CC2CCC1(C)C2(C)C)c1ccccc1. The van der Waals surface area contributed by atoms with Crippen molar-refractivity contribution < 1.29 is 0 Å². The number of fused-ring (bicyclic) bond motifs is 2. The van der Waals surface area contributed by atoms with E-state index in [1.165, 1.54) is 24.8 Å². The topological polar surface area (TPSA) is 12.0 Å². The van der Waals surface area contributed by atoms with Crippen LogP contribution in [0.25, 0.3) is 0 Å². The molecule has 0 aliphatic heterocycles. The summed E-state index contributed by atoms with van der Waals surface area (Å²) in [6, 6.07) is 11.6. The largest absolute Gasteiger partial charge is 0.313 e. The van der Waals surface area contributed by atoms with E-state index in [0.717, 1.165) is 12.5 Å². The third-order valence-corrected chi connectivity index (χ3v) is 6.83. The third kappa shape index (κ3) is 2.02. The lowest BCUT2D eigenvalue weighted by atomic mass is 9.69. The van der Waals surface area contributed by atoms with Gasteiger partial charge in [-0.1, -0.05) is 58.0 Å². The molecule has 4 unspecified atom stereocenters. The van der Waals surface area contributed by atoms with Gasteiger partial charge < -0.3 is 5.32 Å². The average Bonchev–Trinajstić information content (AvgIpc) is 2.78. The van der Waals surface area contributed by atoms with Crippen LogP contribution in [0.4, 0.5) is 0 Å². The molecule has 1 aromatic carbocycles. The van der Waals surface area contributed by atoms with E-state index in [1.54, 1.807) is 0 Å². The molecule has 0 saturated heterocycles. The first-order valence-corrected chi connectivity index (χ1v) is 8.23. The zero-order valence-corrected chi connectivity index (χ0v) is 13.4. The number of hydrogen-bond donors (Lipinski definition) is 1. The molecule has 2 aliphatic carbocycles. The lowest BCUT2D eigenvalue weighted by Crippen LogP contribution is -2.45. The first-order chi connectivity index (χ1) is 9.45. The molecule has 20 heavy (non-hydrogen) atoms. The molecule has 1 N–H and O–H groups in total. The van der Waals surface area contributed by atoms with Crippen LogP contribution in [0.15, 0.2) is 30.3 Å². The monoisotopic (exact) mass is 271 g/mol. The highest BCUT2D eigenvalue weighted by Crippen LogP contribution is 2.65. The Balaban J connectivity index is 1.63. The Morgan fingerprint density at radius 1 is 1.20 bits per heavy atom. The second-order valence-corrected chi connectivity index (χ2v) is 7.88. The van der Waals surface area contributed by atoms with Crippen LogP contribution in [0.5, 0.6) is 0 Å². The molecule has 0 amide bonds. The average molecular weight is 271 g/mol. The number of rotatable bonds is 4. The summed E-state index contributed by atoms with van der Waals surface area (Å²) < 4.78 is 0. The molecule has 0 radical (unpaired) electrons. The Labute approximate surface area is 124 Å². The molecule has 0 spiro atoms. The second kappa shape index (κ2) is 4.87. The van der Waals surface area contributed by atoms with Crippen LogP contribution in [0.2, 0.25) is 0 Å². The van der Waals surface area contributed by atoms with E-state index in [-0.39, 0.29) is 0 Å². The molecule has 1 heteroatoms. The van der Waals surface area contributed by atoms with Crippen LogP contribution in [0.1, 0.15) is 58.4 Å². The first kappa shape index (κ1) is 14.1. The Morgan fingerprint density at radius 3 is 2.45 bits per heavy atom. The molecule has 1 nitrogen and oxygen atoms in total. The third-order valence-electron chi connectivity index (χ3n) is 6.83. The van der Waals surface area contributed by atoms with Crippen molar-refractivity contribution >= 4 is 0 Å². The highest BCUT2D eigenvalue weighted by molar-refractivity contribution is 5.19.